The molecule has 0 unspecified atom stereocenters. The van der Waals surface area contributed by atoms with E-state index in [2.05, 4.69) is 20.4 Å². The molecular weight excluding hydrogens is 242 g/mol. The van der Waals surface area contributed by atoms with Crippen molar-refractivity contribution < 1.29 is 4.79 Å². The van der Waals surface area contributed by atoms with Gasteiger partial charge in [-0.1, -0.05) is 6.92 Å². The highest BCUT2D eigenvalue weighted by Crippen LogP contribution is 2.12. The van der Waals surface area contributed by atoms with Gasteiger partial charge in [-0.05, 0) is 26.3 Å². The summed E-state index contributed by atoms with van der Waals surface area (Å²) >= 11 is 0. The monoisotopic (exact) mass is 259 g/mol. The summed E-state index contributed by atoms with van der Waals surface area (Å²) < 4.78 is 1.73. The van der Waals surface area contributed by atoms with E-state index in [1.165, 1.54) is 6.33 Å². The fourth-order valence-electron chi connectivity index (χ4n) is 1.82. The number of aromatic nitrogens is 4. The summed E-state index contributed by atoms with van der Waals surface area (Å²) in [6, 6.07) is 3.68. The van der Waals surface area contributed by atoms with Gasteiger partial charge in [0.25, 0.3) is 0 Å². The van der Waals surface area contributed by atoms with Crippen LogP contribution in [0, 0.1) is 13.8 Å². The maximum atomic E-state index is 11.5. The van der Waals surface area contributed by atoms with Crippen LogP contribution in [-0.2, 0) is 4.79 Å². The van der Waals surface area contributed by atoms with Crippen molar-refractivity contribution in [3.8, 4) is 5.82 Å². The Kier molecular flexibility index (Phi) is 3.89. The summed E-state index contributed by atoms with van der Waals surface area (Å²) in [6.45, 7) is 5.84. The number of carbonyl (C=O) groups is 1. The highest BCUT2D eigenvalue weighted by atomic mass is 16.1. The molecule has 2 rings (SSSR count). The number of aryl methyl sites for hydroxylation is 2. The predicted octanol–water partition coefficient (Wildman–Crippen LogP) is 2.02. The summed E-state index contributed by atoms with van der Waals surface area (Å²) in [6.07, 6.45) is 2.72. The largest absolute Gasteiger partial charge is 0.311 e. The first-order valence-electron chi connectivity index (χ1n) is 6.25. The van der Waals surface area contributed by atoms with Crippen molar-refractivity contribution in [2.75, 3.05) is 5.32 Å². The third kappa shape index (κ3) is 3.15. The molecule has 1 amide bonds. The number of nitrogens with zero attached hydrogens (tertiary/aromatic N) is 4. The van der Waals surface area contributed by atoms with Crippen LogP contribution in [-0.4, -0.2) is 25.7 Å². The van der Waals surface area contributed by atoms with E-state index in [1.807, 2.05) is 26.8 Å². The van der Waals surface area contributed by atoms with Crippen LogP contribution in [0.3, 0.4) is 0 Å². The van der Waals surface area contributed by atoms with E-state index in [0.29, 0.717) is 18.1 Å². The Hall–Kier alpha value is -2.24. The summed E-state index contributed by atoms with van der Waals surface area (Å²) in [5.74, 6) is 1.10. The smallest absolute Gasteiger partial charge is 0.225 e. The molecule has 0 fully saturated rings. The number of hydrogen-bond donors (Lipinski definition) is 1. The van der Waals surface area contributed by atoms with Gasteiger partial charge in [-0.25, -0.2) is 14.6 Å². The SMILES string of the molecule is CCCC(=O)Nc1cc(-n2nc(C)cc2C)ncn1. The zero-order valence-corrected chi connectivity index (χ0v) is 11.3. The zero-order valence-electron chi connectivity index (χ0n) is 11.3. The topological polar surface area (TPSA) is 72.7 Å². The third-order valence-corrected chi connectivity index (χ3v) is 2.62. The van der Waals surface area contributed by atoms with Crippen molar-refractivity contribution >= 4 is 11.7 Å². The van der Waals surface area contributed by atoms with E-state index in [9.17, 15) is 4.79 Å². The number of rotatable bonds is 4. The molecule has 0 aliphatic rings. The van der Waals surface area contributed by atoms with E-state index in [4.69, 9.17) is 0 Å². The predicted molar refractivity (Wildman–Crippen MR) is 72.2 cm³/mol. The Morgan fingerprint density at radius 3 is 2.74 bits per heavy atom. The van der Waals surface area contributed by atoms with Crippen molar-refractivity contribution in [3.63, 3.8) is 0 Å². The normalized spacial score (nSPS) is 10.5. The van der Waals surface area contributed by atoms with Crippen LogP contribution in [0.25, 0.3) is 5.82 Å². The first-order valence-corrected chi connectivity index (χ1v) is 6.25. The zero-order chi connectivity index (χ0) is 13.8. The van der Waals surface area contributed by atoms with E-state index >= 15 is 0 Å². The Labute approximate surface area is 111 Å². The van der Waals surface area contributed by atoms with Crippen molar-refractivity contribution in [2.24, 2.45) is 0 Å². The molecule has 0 radical (unpaired) electrons. The molecule has 0 aliphatic carbocycles. The quantitative estimate of drug-likeness (QED) is 0.911. The molecular formula is C13H17N5O. The number of anilines is 1. The lowest BCUT2D eigenvalue weighted by atomic mass is 10.3. The number of carbonyl (C=O) groups excluding carboxylic acids is 1. The van der Waals surface area contributed by atoms with Crippen molar-refractivity contribution in [3.05, 3.63) is 29.8 Å². The molecule has 0 atom stereocenters. The van der Waals surface area contributed by atoms with Crippen LogP contribution >= 0.6 is 0 Å². The second-order valence-corrected chi connectivity index (χ2v) is 4.40. The Morgan fingerprint density at radius 2 is 2.11 bits per heavy atom. The fraction of sp³-hybridized carbons (Fsp3) is 0.385. The van der Waals surface area contributed by atoms with Crippen LogP contribution in [0.4, 0.5) is 5.82 Å². The molecule has 2 aromatic rings. The first-order chi connectivity index (χ1) is 9.10. The van der Waals surface area contributed by atoms with E-state index in [0.717, 1.165) is 17.8 Å². The lowest BCUT2D eigenvalue weighted by Gasteiger charge is -2.06. The standard InChI is InChI=1S/C13H17N5O/c1-4-5-13(19)16-11-7-12(15-8-14-11)18-10(3)6-9(2)17-18/h6-8H,4-5H2,1-3H3,(H,14,15,16,19). The van der Waals surface area contributed by atoms with Gasteiger partial charge in [0.1, 0.15) is 12.1 Å². The van der Waals surface area contributed by atoms with Crippen LogP contribution in [0.15, 0.2) is 18.5 Å². The van der Waals surface area contributed by atoms with Gasteiger partial charge in [-0.2, -0.15) is 5.10 Å². The lowest BCUT2D eigenvalue weighted by molar-refractivity contribution is -0.116. The van der Waals surface area contributed by atoms with Gasteiger partial charge >= 0.3 is 0 Å². The van der Waals surface area contributed by atoms with E-state index < -0.39 is 0 Å². The van der Waals surface area contributed by atoms with Crippen LogP contribution in [0.5, 0.6) is 0 Å². The molecule has 0 spiro atoms. The first kappa shape index (κ1) is 13.2. The average Bonchev–Trinajstić information content (AvgIpc) is 2.69. The Morgan fingerprint density at radius 1 is 1.32 bits per heavy atom. The summed E-state index contributed by atoms with van der Waals surface area (Å²) in [5, 5.41) is 7.10. The highest BCUT2D eigenvalue weighted by Gasteiger charge is 2.08. The van der Waals surface area contributed by atoms with Crippen molar-refractivity contribution in [2.45, 2.75) is 33.6 Å². The van der Waals surface area contributed by atoms with Gasteiger partial charge in [0.05, 0.1) is 5.69 Å². The molecule has 6 nitrogen and oxygen atoms in total. The minimum atomic E-state index is -0.0412. The van der Waals surface area contributed by atoms with E-state index in [1.54, 1.807) is 10.7 Å². The molecule has 0 saturated heterocycles. The molecule has 2 heterocycles. The fourth-order valence-corrected chi connectivity index (χ4v) is 1.82. The molecule has 6 heteroatoms. The van der Waals surface area contributed by atoms with Gasteiger partial charge < -0.3 is 5.32 Å². The number of hydrogen-bond acceptors (Lipinski definition) is 4. The molecule has 1 N–H and O–H groups in total. The summed E-state index contributed by atoms with van der Waals surface area (Å²) in [5.41, 5.74) is 1.91. The number of amides is 1. The summed E-state index contributed by atoms with van der Waals surface area (Å²) in [7, 11) is 0. The third-order valence-electron chi connectivity index (χ3n) is 2.62. The van der Waals surface area contributed by atoms with Gasteiger partial charge in [0, 0.05) is 18.2 Å². The van der Waals surface area contributed by atoms with Crippen LogP contribution in [0.1, 0.15) is 31.2 Å². The van der Waals surface area contributed by atoms with Gasteiger partial charge in [0.2, 0.25) is 5.91 Å². The van der Waals surface area contributed by atoms with Crippen molar-refractivity contribution in [1.82, 2.24) is 19.7 Å². The van der Waals surface area contributed by atoms with Crippen LogP contribution in [0.2, 0.25) is 0 Å². The molecule has 2 aromatic heterocycles. The summed E-state index contributed by atoms with van der Waals surface area (Å²) in [4.78, 5) is 19.8. The molecule has 0 bridgehead atoms. The highest BCUT2D eigenvalue weighted by molar-refractivity contribution is 5.89. The van der Waals surface area contributed by atoms with Crippen molar-refractivity contribution in [1.29, 1.82) is 0 Å². The van der Waals surface area contributed by atoms with Gasteiger partial charge in [-0.15, -0.1) is 0 Å². The van der Waals surface area contributed by atoms with Crippen LogP contribution < -0.4 is 5.32 Å². The molecule has 100 valence electrons. The lowest BCUT2D eigenvalue weighted by Crippen LogP contribution is -2.13. The molecule has 0 aromatic carbocycles. The molecule has 19 heavy (non-hydrogen) atoms. The average molecular weight is 259 g/mol. The Balaban J connectivity index is 2.24. The minimum Gasteiger partial charge on any atom is -0.311 e. The van der Waals surface area contributed by atoms with Gasteiger partial charge in [0.15, 0.2) is 5.82 Å². The Bertz CT molecular complexity index is 590. The van der Waals surface area contributed by atoms with E-state index in [-0.39, 0.29) is 5.91 Å². The second-order valence-electron chi connectivity index (χ2n) is 4.40. The maximum Gasteiger partial charge on any atom is 0.225 e. The maximum absolute atomic E-state index is 11.5. The molecule has 0 aliphatic heterocycles. The molecule has 0 saturated carbocycles. The number of nitrogens with one attached hydrogen (secondary N) is 1. The van der Waals surface area contributed by atoms with Gasteiger partial charge in [-0.3, -0.25) is 4.79 Å². The second kappa shape index (κ2) is 5.60. The minimum absolute atomic E-state index is 0.0412.